The number of ether oxygens (including phenoxy) is 2. The number of halogens is 1. The molecule has 0 aliphatic rings. The van der Waals surface area contributed by atoms with Gasteiger partial charge >= 0.3 is 0 Å². The molecule has 0 spiro atoms. The smallest absolute Gasteiger partial charge is 0.261 e. The predicted molar refractivity (Wildman–Crippen MR) is 144 cm³/mol. The Balaban J connectivity index is 2.27. The van der Waals surface area contributed by atoms with Gasteiger partial charge in [-0.3, -0.25) is 9.59 Å². The maximum absolute atomic E-state index is 13.4. The third kappa shape index (κ3) is 8.27. The summed E-state index contributed by atoms with van der Waals surface area (Å²) in [4.78, 5) is 28.1. The third-order valence-electron chi connectivity index (χ3n) is 6.02. The van der Waals surface area contributed by atoms with E-state index in [0.29, 0.717) is 17.9 Å². The van der Waals surface area contributed by atoms with Gasteiger partial charge in [0.25, 0.3) is 5.91 Å². The summed E-state index contributed by atoms with van der Waals surface area (Å²) in [7, 11) is 1.60. The molecular formula is C28H39BrN2O4. The molecule has 2 rings (SSSR count). The van der Waals surface area contributed by atoms with Crippen LogP contribution >= 0.6 is 15.9 Å². The first-order valence-corrected chi connectivity index (χ1v) is 12.9. The molecule has 7 heteroatoms. The van der Waals surface area contributed by atoms with Crippen molar-refractivity contribution in [2.24, 2.45) is 0 Å². The molecule has 6 nitrogen and oxygen atoms in total. The first kappa shape index (κ1) is 28.7. The number of rotatable bonds is 11. The standard InChI is InChI=1S/C28H39BrN2O4/c1-8-19(3)30-27(33)24(9-2)31(17-20-11-10-12-22(15-20)34-7)26(32)18-35-25-14-13-21(16-23(25)29)28(4,5)6/h10-16,19,24H,8-9,17-18H2,1-7H3,(H,30,33)/t19-,24-/m1/s1. The number of nitrogens with zero attached hydrogens (tertiary/aromatic N) is 1. The molecule has 0 saturated carbocycles. The minimum atomic E-state index is -0.613. The van der Waals surface area contributed by atoms with Crippen LogP contribution in [-0.2, 0) is 21.5 Å². The minimum Gasteiger partial charge on any atom is -0.497 e. The van der Waals surface area contributed by atoms with Crippen molar-refractivity contribution in [2.45, 2.75) is 78.4 Å². The lowest BCUT2D eigenvalue weighted by atomic mass is 9.87. The topological polar surface area (TPSA) is 67.9 Å². The van der Waals surface area contributed by atoms with E-state index in [4.69, 9.17) is 9.47 Å². The maximum atomic E-state index is 13.4. The van der Waals surface area contributed by atoms with Crippen molar-refractivity contribution in [3.8, 4) is 11.5 Å². The highest BCUT2D eigenvalue weighted by molar-refractivity contribution is 9.10. The summed E-state index contributed by atoms with van der Waals surface area (Å²) in [5.41, 5.74) is 2.04. The summed E-state index contributed by atoms with van der Waals surface area (Å²) in [6.45, 7) is 12.4. The molecule has 192 valence electrons. The summed E-state index contributed by atoms with van der Waals surface area (Å²) in [6.07, 6.45) is 1.30. The molecule has 0 unspecified atom stereocenters. The van der Waals surface area contributed by atoms with Crippen molar-refractivity contribution >= 4 is 27.7 Å². The quantitative estimate of drug-likeness (QED) is 0.383. The van der Waals surface area contributed by atoms with Crippen LogP contribution in [0.5, 0.6) is 11.5 Å². The molecule has 0 aliphatic heterocycles. The molecule has 0 radical (unpaired) electrons. The van der Waals surface area contributed by atoms with E-state index in [-0.39, 0.29) is 36.4 Å². The Morgan fingerprint density at radius 3 is 2.37 bits per heavy atom. The van der Waals surface area contributed by atoms with Crippen molar-refractivity contribution in [3.05, 3.63) is 58.1 Å². The van der Waals surface area contributed by atoms with Crippen LogP contribution in [0, 0.1) is 0 Å². The van der Waals surface area contributed by atoms with Crippen molar-refractivity contribution in [1.82, 2.24) is 10.2 Å². The van der Waals surface area contributed by atoms with Gasteiger partial charge in [0.1, 0.15) is 17.5 Å². The van der Waals surface area contributed by atoms with Gasteiger partial charge in [-0.1, -0.05) is 52.8 Å². The molecule has 35 heavy (non-hydrogen) atoms. The van der Waals surface area contributed by atoms with Crippen LogP contribution in [0.2, 0.25) is 0 Å². The average Bonchev–Trinajstić information content (AvgIpc) is 2.82. The van der Waals surface area contributed by atoms with E-state index in [2.05, 4.69) is 42.0 Å². The fourth-order valence-corrected chi connectivity index (χ4v) is 4.13. The third-order valence-corrected chi connectivity index (χ3v) is 6.64. The fraction of sp³-hybridized carbons (Fsp3) is 0.500. The molecule has 0 fully saturated rings. The molecule has 0 aliphatic carbocycles. The number of amides is 2. The van der Waals surface area contributed by atoms with E-state index in [0.717, 1.165) is 22.0 Å². The maximum Gasteiger partial charge on any atom is 0.261 e. The molecule has 2 amide bonds. The zero-order chi connectivity index (χ0) is 26.2. The van der Waals surface area contributed by atoms with Gasteiger partial charge in [-0.15, -0.1) is 0 Å². The van der Waals surface area contributed by atoms with E-state index in [1.807, 2.05) is 63.2 Å². The SMILES string of the molecule is CC[C@@H](C)NC(=O)[C@@H](CC)N(Cc1cccc(OC)c1)C(=O)COc1ccc(C(C)(C)C)cc1Br. The minimum absolute atomic E-state index is 0.00173. The second-order valence-electron chi connectivity index (χ2n) is 9.80. The van der Waals surface area contributed by atoms with Crippen molar-refractivity contribution in [2.75, 3.05) is 13.7 Å². The molecule has 0 saturated heterocycles. The van der Waals surface area contributed by atoms with Gasteiger partial charge in [0.2, 0.25) is 5.91 Å². The number of carbonyl (C=O) groups excluding carboxylic acids is 2. The lowest BCUT2D eigenvalue weighted by molar-refractivity contribution is -0.143. The Hall–Kier alpha value is -2.54. The van der Waals surface area contributed by atoms with E-state index < -0.39 is 6.04 Å². The van der Waals surface area contributed by atoms with E-state index in [1.54, 1.807) is 12.0 Å². The largest absolute Gasteiger partial charge is 0.497 e. The average molecular weight is 548 g/mol. The van der Waals surface area contributed by atoms with Gasteiger partial charge in [-0.05, 0) is 76.5 Å². The Morgan fingerprint density at radius 1 is 1.09 bits per heavy atom. The molecule has 1 N–H and O–H groups in total. The highest BCUT2D eigenvalue weighted by Crippen LogP contribution is 2.31. The van der Waals surface area contributed by atoms with Gasteiger partial charge in [-0.2, -0.15) is 0 Å². The summed E-state index contributed by atoms with van der Waals surface area (Å²) in [5.74, 6) is 0.871. The zero-order valence-corrected chi connectivity index (χ0v) is 23.6. The number of hydrogen-bond donors (Lipinski definition) is 1. The molecule has 2 atom stereocenters. The van der Waals surface area contributed by atoms with Crippen LogP contribution < -0.4 is 14.8 Å². The molecule has 0 aromatic heterocycles. The Labute approximate surface area is 218 Å². The normalized spacial score (nSPS) is 13.0. The van der Waals surface area contributed by atoms with Crippen LogP contribution in [0.15, 0.2) is 46.9 Å². The molecular weight excluding hydrogens is 508 g/mol. The highest BCUT2D eigenvalue weighted by Gasteiger charge is 2.30. The molecule has 0 heterocycles. The Kier molecular flexibility index (Phi) is 10.6. The number of methoxy groups -OCH3 is 1. The first-order valence-electron chi connectivity index (χ1n) is 12.2. The summed E-state index contributed by atoms with van der Waals surface area (Å²) >= 11 is 3.57. The molecule has 0 bridgehead atoms. The summed E-state index contributed by atoms with van der Waals surface area (Å²) in [6, 6.07) is 12.8. The first-order chi connectivity index (χ1) is 16.5. The van der Waals surface area contributed by atoms with Crippen LogP contribution in [-0.4, -0.2) is 42.5 Å². The van der Waals surface area contributed by atoms with Gasteiger partial charge < -0.3 is 19.7 Å². The lowest BCUT2D eigenvalue weighted by Crippen LogP contribution is -2.51. The highest BCUT2D eigenvalue weighted by atomic mass is 79.9. The van der Waals surface area contributed by atoms with E-state index >= 15 is 0 Å². The number of hydrogen-bond acceptors (Lipinski definition) is 4. The fourth-order valence-electron chi connectivity index (χ4n) is 3.63. The predicted octanol–water partition coefficient (Wildman–Crippen LogP) is 5.86. The van der Waals surface area contributed by atoms with Gasteiger partial charge in [0.05, 0.1) is 11.6 Å². The number of carbonyl (C=O) groups is 2. The number of benzene rings is 2. The van der Waals surface area contributed by atoms with Gasteiger partial charge in [0, 0.05) is 12.6 Å². The lowest BCUT2D eigenvalue weighted by Gasteiger charge is -2.31. The van der Waals surface area contributed by atoms with Gasteiger partial charge in [0.15, 0.2) is 6.61 Å². The Morgan fingerprint density at radius 2 is 1.80 bits per heavy atom. The second-order valence-corrected chi connectivity index (χ2v) is 10.7. The summed E-state index contributed by atoms with van der Waals surface area (Å²) in [5, 5.41) is 3.02. The monoisotopic (exact) mass is 546 g/mol. The van der Waals surface area contributed by atoms with Crippen molar-refractivity contribution in [1.29, 1.82) is 0 Å². The van der Waals surface area contributed by atoms with E-state index in [9.17, 15) is 9.59 Å². The van der Waals surface area contributed by atoms with Crippen molar-refractivity contribution < 1.29 is 19.1 Å². The van der Waals surface area contributed by atoms with E-state index in [1.165, 1.54) is 0 Å². The van der Waals surface area contributed by atoms with Crippen molar-refractivity contribution in [3.63, 3.8) is 0 Å². The Bertz CT molecular complexity index is 1000. The van der Waals surface area contributed by atoms with Crippen LogP contribution in [0.25, 0.3) is 0 Å². The second kappa shape index (κ2) is 13.0. The molecule has 2 aromatic carbocycles. The van der Waals surface area contributed by atoms with Crippen LogP contribution in [0.1, 0.15) is 65.5 Å². The zero-order valence-electron chi connectivity index (χ0n) is 22.0. The van der Waals surface area contributed by atoms with Gasteiger partial charge in [-0.25, -0.2) is 0 Å². The van der Waals surface area contributed by atoms with Crippen LogP contribution in [0.3, 0.4) is 0 Å². The summed E-state index contributed by atoms with van der Waals surface area (Å²) < 4.78 is 12.0. The number of nitrogens with one attached hydrogen (secondary N) is 1. The molecule has 2 aromatic rings. The van der Waals surface area contributed by atoms with Crippen LogP contribution in [0.4, 0.5) is 0 Å².